The molecule has 2 heterocycles. The maximum Gasteiger partial charge on any atom is 0.119 e. The molecule has 0 amide bonds. The third-order valence-corrected chi connectivity index (χ3v) is 4.64. The second-order valence-corrected chi connectivity index (χ2v) is 6.54. The summed E-state index contributed by atoms with van der Waals surface area (Å²) in [7, 11) is 1.65. The van der Waals surface area contributed by atoms with Gasteiger partial charge >= 0.3 is 0 Å². The van der Waals surface area contributed by atoms with Gasteiger partial charge in [0.05, 0.1) is 32.5 Å². The van der Waals surface area contributed by atoms with Crippen molar-refractivity contribution >= 4 is 0 Å². The standard InChI is InChI=1S/C19H27N3O3/c1-24-19-5-2-4-16(12-19)14-25-15-18(23)13-21-10-6-17(7-11-21)22-9-3-8-20-22/h2-5,8-9,12,17-18,23H,6-7,10-11,13-15H2,1H3. The van der Waals surface area contributed by atoms with E-state index in [1.807, 2.05) is 47.4 Å². The number of methoxy groups -OCH3 is 1. The van der Waals surface area contributed by atoms with E-state index in [-0.39, 0.29) is 0 Å². The molecule has 1 fully saturated rings. The summed E-state index contributed by atoms with van der Waals surface area (Å²) in [5.74, 6) is 0.821. The number of hydrogen-bond acceptors (Lipinski definition) is 5. The van der Waals surface area contributed by atoms with Crippen molar-refractivity contribution < 1.29 is 14.6 Å². The van der Waals surface area contributed by atoms with Crippen molar-refractivity contribution in [3.05, 3.63) is 48.3 Å². The summed E-state index contributed by atoms with van der Waals surface area (Å²) in [5.41, 5.74) is 1.05. The summed E-state index contributed by atoms with van der Waals surface area (Å²) in [4.78, 5) is 2.31. The number of rotatable bonds is 8. The van der Waals surface area contributed by atoms with Crippen molar-refractivity contribution in [3.63, 3.8) is 0 Å². The van der Waals surface area contributed by atoms with Crippen molar-refractivity contribution in [2.75, 3.05) is 33.4 Å². The molecule has 6 nitrogen and oxygen atoms in total. The summed E-state index contributed by atoms with van der Waals surface area (Å²) >= 11 is 0. The fourth-order valence-corrected chi connectivity index (χ4v) is 3.29. The van der Waals surface area contributed by atoms with Crippen molar-refractivity contribution in [2.24, 2.45) is 0 Å². The van der Waals surface area contributed by atoms with Crippen molar-refractivity contribution in [2.45, 2.75) is 31.6 Å². The first-order valence-corrected chi connectivity index (χ1v) is 8.85. The molecule has 1 aromatic heterocycles. The monoisotopic (exact) mass is 345 g/mol. The molecule has 25 heavy (non-hydrogen) atoms. The molecule has 1 aliphatic heterocycles. The summed E-state index contributed by atoms with van der Waals surface area (Å²) in [5, 5.41) is 14.5. The van der Waals surface area contributed by atoms with Crippen LogP contribution in [0.15, 0.2) is 42.7 Å². The maximum atomic E-state index is 10.2. The zero-order valence-corrected chi connectivity index (χ0v) is 14.8. The second-order valence-electron chi connectivity index (χ2n) is 6.54. The average Bonchev–Trinajstić information content (AvgIpc) is 3.17. The lowest BCUT2D eigenvalue weighted by Crippen LogP contribution is -2.40. The van der Waals surface area contributed by atoms with Crippen LogP contribution in [0.5, 0.6) is 5.75 Å². The van der Waals surface area contributed by atoms with E-state index in [2.05, 4.69) is 10.00 Å². The van der Waals surface area contributed by atoms with Crippen LogP contribution in [0.1, 0.15) is 24.4 Å². The third-order valence-electron chi connectivity index (χ3n) is 4.64. The molecular weight excluding hydrogens is 318 g/mol. The highest BCUT2D eigenvalue weighted by molar-refractivity contribution is 5.27. The molecule has 6 heteroatoms. The molecule has 0 spiro atoms. The van der Waals surface area contributed by atoms with Gasteiger partial charge in [-0.15, -0.1) is 0 Å². The minimum absolute atomic E-state index is 0.344. The molecule has 136 valence electrons. The number of aliphatic hydroxyl groups is 1. The zero-order valence-electron chi connectivity index (χ0n) is 14.8. The normalized spacial score (nSPS) is 17.5. The van der Waals surface area contributed by atoms with Crippen molar-refractivity contribution in [3.8, 4) is 5.75 Å². The smallest absolute Gasteiger partial charge is 0.119 e. The fraction of sp³-hybridized carbons (Fsp3) is 0.526. The Morgan fingerprint density at radius 2 is 2.12 bits per heavy atom. The highest BCUT2D eigenvalue weighted by atomic mass is 16.5. The highest BCUT2D eigenvalue weighted by Gasteiger charge is 2.22. The SMILES string of the molecule is COc1cccc(COCC(O)CN2CCC(n3cccn3)CC2)c1. The first-order chi connectivity index (χ1) is 12.2. The molecule has 0 radical (unpaired) electrons. The third kappa shape index (κ3) is 5.29. The number of aliphatic hydroxyl groups excluding tert-OH is 1. The Morgan fingerprint density at radius 3 is 2.84 bits per heavy atom. The molecule has 3 rings (SSSR count). The minimum Gasteiger partial charge on any atom is -0.497 e. The molecule has 1 atom stereocenters. The van der Waals surface area contributed by atoms with Crippen molar-refractivity contribution in [1.82, 2.24) is 14.7 Å². The van der Waals surface area contributed by atoms with Gasteiger partial charge in [-0.25, -0.2) is 0 Å². The van der Waals surface area contributed by atoms with Crippen LogP contribution in [0.3, 0.4) is 0 Å². The summed E-state index contributed by atoms with van der Waals surface area (Å²) < 4.78 is 12.9. The van der Waals surface area contributed by atoms with Crippen LogP contribution < -0.4 is 4.74 Å². The van der Waals surface area contributed by atoms with E-state index < -0.39 is 6.10 Å². The lowest BCUT2D eigenvalue weighted by Gasteiger charge is -2.33. The van der Waals surface area contributed by atoms with E-state index >= 15 is 0 Å². The van der Waals surface area contributed by atoms with Crippen LogP contribution in [-0.2, 0) is 11.3 Å². The number of aromatic nitrogens is 2. The number of likely N-dealkylation sites (tertiary alicyclic amines) is 1. The van der Waals surface area contributed by atoms with Crippen molar-refractivity contribution in [1.29, 1.82) is 0 Å². The fourth-order valence-electron chi connectivity index (χ4n) is 3.29. The van der Waals surface area contributed by atoms with Crippen LogP contribution >= 0.6 is 0 Å². The summed E-state index contributed by atoms with van der Waals surface area (Å²) in [6.45, 7) is 3.45. The Labute approximate surface area is 149 Å². The molecule has 1 saturated heterocycles. The van der Waals surface area contributed by atoms with E-state index in [9.17, 15) is 5.11 Å². The Balaban J connectivity index is 1.35. The Morgan fingerprint density at radius 1 is 1.28 bits per heavy atom. The van der Waals surface area contributed by atoms with Gasteiger partial charge in [0.15, 0.2) is 0 Å². The molecular formula is C19H27N3O3. The molecule has 0 bridgehead atoms. The average molecular weight is 345 g/mol. The first-order valence-electron chi connectivity index (χ1n) is 8.85. The number of nitrogens with zero attached hydrogens (tertiary/aromatic N) is 3. The largest absolute Gasteiger partial charge is 0.497 e. The first kappa shape index (κ1) is 17.9. The Bertz CT molecular complexity index is 625. The second kappa shape index (κ2) is 8.99. The summed E-state index contributed by atoms with van der Waals surface area (Å²) in [6, 6.07) is 10.2. The van der Waals surface area contributed by atoms with Gasteiger partial charge in [-0.1, -0.05) is 12.1 Å². The minimum atomic E-state index is -0.466. The lowest BCUT2D eigenvalue weighted by atomic mass is 10.1. The van der Waals surface area contributed by atoms with E-state index in [1.165, 1.54) is 0 Å². The van der Waals surface area contributed by atoms with Crippen LogP contribution in [-0.4, -0.2) is 59.2 Å². The number of benzene rings is 1. The quantitative estimate of drug-likeness (QED) is 0.794. The van der Waals surface area contributed by atoms with Gasteiger partial charge in [-0.2, -0.15) is 5.10 Å². The number of hydrogen-bond donors (Lipinski definition) is 1. The van der Waals surface area contributed by atoms with Crippen LogP contribution in [0, 0.1) is 0 Å². The van der Waals surface area contributed by atoms with E-state index in [0.717, 1.165) is 37.2 Å². The molecule has 1 N–H and O–H groups in total. The Hall–Kier alpha value is -1.89. The Kier molecular flexibility index (Phi) is 6.44. The molecule has 1 unspecified atom stereocenters. The molecule has 2 aromatic rings. The van der Waals surface area contributed by atoms with Gasteiger partial charge in [0.25, 0.3) is 0 Å². The molecule has 1 aliphatic rings. The predicted octanol–water partition coefficient (Wildman–Crippen LogP) is 2.11. The number of piperidine rings is 1. The zero-order chi connectivity index (χ0) is 17.5. The summed E-state index contributed by atoms with van der Waals surface area (Å²) in [6.07, 6.45) is 5.53. The number of β-amino-alcohol motifs (C(OH)–C–C–N with tert-alkyl or cyclic N) is 1. The van der Waals surface area contributed by atoms with Gasteiger partial charge in [-0.05, 0) is 36.6 Å². The van der Waals surface area contributed by atoms with Gasteiger partial charge in [-0.3, -0.25) is 4.68 Å². The number of ether oxygens (including phenoxy) is 2. The van der Waals surface area contributed by atoms with Crippen LogP contribution in [0.4, 0.5) is 0 Å². The lowest BCUT2D eigenvalue weighted by molar-refractivity contribution is 0.00456. The molecule has 0 saturated carbocycles. The van der Waals surface area contributed by atoms with Gasteiger partial charge in [0, 0.05) is 32.0 Å². The van der Waals surface area contributed by atoms with Gasteiger partial charge in [0.1, 0.15) is 5.75 Å². The topological polar surface area (TPSA) is 59.8 Å². The van der Waals surface area contributed by atoms with Gasteiger partial charge in [0.2, 0.25) is 0 Å². The molecule has 1 aromatic carbocycles. The van der Waals surface area contributed by atoms with E-state index in [4.69, 9.17) is 9.47 Å². The maximum absolute atomic E-state index is 10.2. The highest BCUT2D eigenvalue weighted by Crippen LogP contribution is 2.21. The van der Waals surface area contributed by atoms with E-state index in [1.54, 1.807) is 7.11 Å². The van der Waals surface area contributed by atoms with Crippen LogP contribution in [0.2, 0.25) is 0 Å². The predicted molar refractivity (Wildman–Crippen MR) is 95.6 cm³/mol. The molecule has 0 aliphatic carbocycles. The van der Waals surface area contributed by atoms with E-state index in [0.29, 0.717) is 25.8 Å². The van der Waals surface area contributed by atoms with Gasteiger partial charge < -0.3 is 19.5 Å². The van der Waals surface area contributed by atoms with Crippen LogP contribution in [0.25, 0.3) is 0 Å².